The number of methoxy groups -OCH3 is 1. The first-order valence-corrected chi connectivity index (χ1v) is 19.5. The second kappa shape index (κ2) is 15.0. The van der Waals surface area contributed by atoms with Gasteiger partial charge in [-0.05, 0) is 98.5 Å². The van der Waals surface area contributed by atoms with Crippen LogP contribution in [0.15, 0.2) is 133 Å². The van der Waals surface area contributed by atoms with Crippen LogP contribution in [0, 0.1) is 27.7 Å². The Kier molecular flexibility index (Phi) is 9.38. The zero-order valence-electron chi connectivity index (χ0n) is 33.1. The molecule has 0 saturated heterocycles. The molecule has 0 unspecified atom stereocenters. The second-order valence-electron chi connectivity index (χ2n) is 15.1. The molecule has 6 heteroatoms. The molecule has 0 aliphatic carbocycles. The summed E-state index contributed by atoms with van der Waals surface area (Å²) in [5.74, 6) is -0.444. The van der Waals surface area contributed by atoms with Gasteiger partial charge in [0.1, 0.15) is 0 Å². The van der Waals surface area contributed by atoms with Gasteiger partial charge in [0.25, 0.3) is 0 Å². The van der Waals surface area contributed by atoms with Crippen LogP contribution in [0.4, 0.5) is 0 Å². The second-order valence-corrected chi connectivity index (χ2v) is 15.1. The van der Waals surface area contributed by atoms with Crippen LogP contribution in [-0.2, 0) is 9.53 Å². The molecule has 2 aliphatic rings. The van der Waals surface area contributed by atoms with E-state index in [1.54, 1.807) is 6.08 Å². The van der Waals surface area contributed by atoms with Gasteiger partial charge in [0.05, 0.1) is 29.9 Å². The number of rotatable bonds is 6. The molecule has 6 nitrogen and oxygen atoms in total. The van der Waals surface area contributed by atoms with Crippen molar-refractivity contribution in [2.24, 2.45) is 0 Å². The Labute approximate surface area is 338 Å². The monoisotopic (exact) mass is 754 g/mol. The van der Waals surface area contributed by atoms with Gasteiger partial charge < -0.3 is 14.7 Å². The smallest absolute Gasteiger partial charge is 0.330 e. The maximum absolute atomic E-state index is 12.6. The van der Waals surface area contributed by atoms with Crippen molar-refractivity contribution in [2.75, 3.05) is 7.11 Å². The number of esters is 1. The first-order chi connectivity index (χ1) is 28.2. The maximum Gasteiger partial charge on any atom is 0.330 e. The average Bonchev–Trinajstić information content (AvgIpc) is 4.07. The molecule has 282 valence electrons. The van der Waals surface area contributed by atoms with Crippen LogP contribution in [0.25, 0.3) is 90.4 Å². The molecular weight excluding hydrogens is 713 g/mol. The van der Waals surface area contributed by atoms with Gasteiger partial charge in [-0.15, -0.1) is 0 Å². The molecule has 2 N–H and O–H groups in total. The Morgan fingerprint density at radius 3 is 1.24 bits per heavy atom. The van der Waals surface area contributed by atoms with Crippen molar-refractivity contribution in [3.05, 3.63) is 179 Å². The Morgan fingerprint density at radius 1 is 0.483 bits per heavy atom. The average molecular weight is 755 g/mol. The quantitative estimate of drug-likeness (QED) is 0.131. The summed E-state index contributed by atoms with van der Waals surface area (Å²) in [5.41, 5.74) is 20.2. The minimum atomic E-state index is -0.444. The molecule has 3 aromatic heterocycles. The Hall–Kier alpha value is -7.31. The van der Waals surface area contributed by atoms with Crippen molar-refractivity contribution < 1.29 is 9.53 Å². The number of carbonyl (C=O) groups is 1. The van der Waals surface area contributed by atoms with Crippen molar-refractivity contribution in [1.82, 2.24) is 19.9 Å². The Bertz CT molecular complexity index is 3000. The number of nitrogens with one attached hydrogen (secondary N) is 2. The molecule has 0 amide bonds. The molecule has 0 radical (unpaired) electrons. The molecular formula is C52H42N4O2. The van der Waals surface area contributed by atoms with Crippen molar-refractivity contribution in [3.8, 4) is 44.5 Å². The topological polar surface area (TPSA) is 83.7 Å². The van der Waals surface area contributed by atoms with Crippen LogP contribution in [0.2, 0.25) is 0 Å². The standard InChI is InChI=1S/C52H42N4O2/c1-31-6-14-35(15-7-31)48-40-23-24-41(53-40)49(36-16-8-32(2)9-17-36)43-27-28-45(55-43)51(38-20-12-34(4)13-21-38)52-39(22-29-47(57)58-5)30-46(56-52)50(44-26-25-42(48)54-44)37-18-10-33(3)11-19-37/h6-30,54-55H,1-5H3/b29-22+,48-40?,48-42?,49-41?,49-43?,50-44?,50-46?,51-45?,52-51?. The lowest BCUT2D eigenvalue weighted by Gasteiger charge is -2.08. The fraction of sp³-hybridized carbons (Fsp3) is 0.0962. The third kappa shape index (κ3) is 6.90. The number of hydrogen-bond acceptors (Lipinski definition) is 4. The molecule has 9 rings (SSSR count). The van der Waals surface area contributed by atoms with Gasteiger partial charge in [-0.2, -0.15) is 0 Å². The van der Waals surface area contributed by atoms with Crippen LogP contribution in [0.1, 0.15) is 45.0 Å². The van der Waals surface area contributed by atoms with Gasteiger partial charge in [-0.25, -0.2) is 14.8 Å². The molecule has 4 aromatic carbocycles. The number of benzene rings is 4. The number of allylic oxidation sites excluding steroid dienone is 2. The zero-order valence-corrected chi connectivity index (χ0v) is 33.1. The van der Waals surface area contributed by atoms with Crippen LogP contribution < -0.4 is 0 Å². The highest BCUT2D eigenvalue weighted by atomic mass is 16.5. The van der Waals surface area contributed by atoms with Crippen LogP contribution >= 0.6 is 0 Å². The number of hydrogen-bond donors (Lipinski definition) is 2. The van der Waals surface area contributed by atoms with Crippen molar-refractivity contribution in [2.45, 2.75) is 27.7 Å². The van der Waals surface area contributed by atoms with E-state index in [1.807, 2.05) is 0 Å². The van der Waals surface area contributed by atoms with Gasteiger partial charge in [-0.1, -0.05) is 119 Å². The molecule has 8 bridgehead atoms. The van der Waals surface area contributed by atoms with Crippen molar-refractivity contribution >= 4 is 51.8 Å². The van der Waals surface area contributed by atoms with E-state index in [1.165, 1.54) is 24.3 Å². The molecule has 0 fully saturated rings. The Morgan fingerprint density at radius 2 is 0.845 bits per heavy atom. The molecule has 0 spiro atoms. The first kappa shape index (κ1) is 36.3. The lowest BCUT2D eigenvalue weighted by molar-refractivity contribution is -0.134. The van der Waals surface area contributed by atoms with E-state index in [-0.39, 0.29) is 0 Å². The predicted molar refractivity (Wildman–Crippen MR) is 240 cm³/mol. The van der Waals surface area contributed by atoms with E-state index in [0.29, 0.717) is 0 Å². The van der Waals surface area contributed by atoms with Crippen LogP contribution in [0.3, 0.4) is 0 Å². The highest BCUT2D eigenvalue weighted by Crippen LogP contribution is 2.41. The molecule has 0 atom stereocenters. The third-order valence-electron chi connectivity index (χ3n) is 10.9. The summed E-state index contributed by atoms with van der Waals surface area (Å²) >= 11 is 0. The van der Waals surface area contributed by atoms with E-state index in [0.717, 1.165) is 106 Å². The number of ether oxygens (including phenoxy) is 1. The minimum Gasteiger partial charge on any atom is -0.466 e. The van der Waals surface area contributed by atoms with Gasteiger partial charge in [0.2, 0.25) is 0 Å². The van der Waals surface area contributed by atoms with Gasteiger partial charge in [0, 0.05) is 56.0 Å². The fourth-order valence-electron chi connectivity index (χ4n) is 7.75. The van der Waals surface area contributed by atoms with E-state index in [4.69, 9.17) is 14.7 Å². The van der Waals surface area contributed by atoms with E-state index >= 15 is 0 Å². The summed E-state index contributed by atoms with van der Waals surface area (Å²) in [4.78, 5) is 31.2. The number of aromatic amines is 2. The molecule has 0 saturated carbocycles. The number of aryl methyl sites for hydroxylation is 4. The maximum atomic E-state index is 12.6. The van der Waals surface area contributed by atoms with E-state index in [9.17, 15) is 4.79 Å². The van der Waals surface area contributed by atoms with Crippen molar-refractivity contribution in [3.63, 3.8) is 0 Å². The largest absolute Gasteiger partial charge is 0.466 e. The summed E-state index contributed by atoms with van der Waals surface area (Å²) in [5, 5.41) is 0. The molecule has 2 aliphatic heterocycles. The predicted octanol–water partition coefficient (Wildman–Crippen LogP) is 12.7. The summed E-state index contributed by atoms with van der Waals surface area (Å²) in [6, 6.07) is 42.8. The van der Waals surface area contributed by atoms with Crippen LogP contribution in [0.5, 0.6) is 0 Å². The summed E-state index contributed by atoms with van der Waals surface area (Å²) in [6.07, 6.45) is 9.58. The number of H-pyrrole nitrogens is 2. The number of carbonyl (C=O) groups excluding carboxylic acids is 1. The SMILES string of the molecule is COC(=O)/C=C/C1=Cc2nc1c(-c1ccc(C)cc1)c1ccc([nH]1)c(-c1ccc(C)cc1)c1nc(c(-c3ccc(C)cc3)c3ccc([nH]3)c2-c2ccc(C)cc2)C=C1. The molecule has 7 aromatic rings. The van der Waals surface area contributed by atoms with Crippen molar-refractivity contribution in [1.29, 1.82) is 0 Å². The lowest BCUT2D eigenvalue weighted by atomic mass is 9.98. The zero-order chi connectivity index (χ0) is 39.9. The van der Waals surface area contributed by atoms with E-state index in [2.05, 4.69) is 177 Å². The van der Waals surface area contributed by atoms with Gasteiger partial charge in [-0.3, -0.25) is 0 Å². The number of aromatic nitrogens is 4. The molecule has 58 heavy (non-hydrogen) atoms. The normalized spacial score (nSPS) is 12.3. The van der Waals surface area contributed by atoms with Crippen LogP contribution in [-0.4, -0.2) is 33.0 Å². The Balaban J connectivity index is 1.50. The highest BCUT2D eigenvalue weighted by molar-refractivity contribution is 6.04. The fourth-order valence-corrected chi connectivity index (χ4v) is 7.75. The first-order valence-electron chi connectivity index (χ1n) is 19.5. The van der Waals surface area contributed by atoms with Gasteiger partial charge in [0.15, 0.2) is 0 Å². The summed E-state index contributed by atoms with van der Waals surface area (Å²) in [6.45, 7) is 8.38. The molecule has 5 heterocycles. The number of fused-ring (bicyclic) bond motifs is 8. The summed E-state index contributed by atoms with van der Waals surface area (Å²) < 4.78 is 5.06. The summed E-state index contributed by atoms with van der Waals surface area (Å²) in [7, 11) is 1.39. The van der Waals surface area contributed by atoms with Gasteiger partial charge >= 0.3 is 5.97 Å². The third-order valence-corrected chi connectivity index (χ3v) is 10.9. The number of nitrogens with zero attached hydrogens (tertiary/aromatic N) is 2. The van der Waals surface area contributed by atoms with E-state index < -0.39 is 5.97 Å². The minimum absolute atomic E-state index is 0.444. The lowest BCUT2D eigenvalue weighted by Crippen LogP contribution is -1.94. The highest BCUT2D eigenvalue weighted by Gasteiger charge is 2.22.